The third-order valence-electron chi connectivity index (χ3n) is 2.37. The van der Waals surface area contributed by atoms with Crippen molar-refractivity contribution in [3.63, 3.8) is 0 Å². The van der Waals surface area contributed by atoms with Crippen LogP contribution >= 0.6 is 11.8 Å². The van der Waals surface area contributed by atoms with E-state index in [-0.39, 0.29) is 36.5 Å². The minimum absolute atomic E-state index is 0. The first kappa shape index (κ1) is 16.0. The van der Waals surface area contributed by atoms with Crippen LogP contribution in [0.4, 0.5) is 0 Å². The topological polar surface area (TPSA) is 72.2 Å². The van der Waals surface area contributed by atoms with Crippen molar-refractivity contribution in [2.24, 2.45) is 0 Å². The van der Waals surface area contributed by atoms with Gasteiger partial charge in [0.15, 0.2) is 0 Å². The molecule has 0 unspecified atom stereocenters. The van der Waals surface area contributed by atoms with Crippen LogP contribution in [0.1, 0.15) is 1.43 Å². The van der Waals surface area contributed by atoms with E-state index in [4.69, 9.17) is 5.11 Å². The van der Waals surface area contributed by atoms with Crippen LogP contribution in [0, 0.1) is 0 Å². The monoisotopic (exact) mass is 286 g/mol. The Labute approximate surface area is 137 Å². The first-order valence-electron chi connectivity index (χ1n) is 5.08. The largest absolute Gasteiger partial charge is 1.00 e. The van der Waals surface area contributed by atoms with Gasteiger partial charge in [0, 0.05) is 17.2 Å². The van der Waals surface area contributed by atoms with Gasteiger partial charge in [-0.25, -0.2) is 9.78 Å². The van der Waals surface area contributed by atoms with Crippen molar-refractivity contribution < 1.29 is 40.9 Å². The summed E-state index contributed by atoms with van der Waals surface area (Å²) in [5.41, 5.74) is 0.311. The van der Waals surface area contributed by atoms with Gasteiger partial charge >= 0.3 is 35.5 Å². The second-order valence-corrected chi connectivity index (χ2v) is 4.37. The Morgan fingerprint density at radius 1 is 1.53 bits per heavy atom. The Hall–Kier alpha value is -1.08. The number of fused-ring (bicyclic) bond motifs is 1. The van der Waals surface area contributed by atoms with Crippen molar-refractivity contribution >= 4 is 34.8 Å². The third-order valence-corrected chi connectivity index (χ3v) is 3.09. The predicted molar refractivity (Wildman–Crippen MR) is 71.9 cm³/mol. The van der Waals surface area contributed by atoms with Gasteiger partial charge in [0.05, 0.1) is 10.9 Å². The van der Waals surface area contributed by atoms with Crippen molar-refractivity contribution in [3.8, 4) is 0 Å². The predicted octanol–water partition coefficient (Wildman–Crippen LogP) is -1.21. The summed E-state index contributed by atoms with van der Waals surface area (Å²) in [6.45, 7) is 0. The number of nitrogens with zero attached hydrogens (tertiary/aromatic N) is 2. The molecule has 0 aliphatic carbocycles. The Bertz CT molecular complexity index is 703. The van der Waals surface area contributed by atoms with Crippen LogP contribution in [-0.2, 0) is 4.79 Å². The molecule has 0 saturated carbocycles. The minimum Gasteiger partial charge on any atom is -1.00 e. The molecule has 1 N–H and O–H groups in total. The number of benzene rings is 1. The maximum atomic E-state index is 12.1. The zero-order valence-electron chi connectivity index (χ0n) is 11.5. The molecule has 0 aliphatic heterocycles. The fraction of sp³-hybridized carbons (Fsp3) is 0.0833. The van der Waals surface area contributed by atoms with Crippen molar-refractivity contribution in [1.29, 1.82) is 0 Å². The molecule has 1 aromatic heterocycles. The molecule has 19 heavy (non-hydrogen) atoms. The molecule has 0 fully saturated rings. The Morgan fingerprint density at radius 3 is 2.89 bits per heavy atom. The number of hydrogen-bond acceptors (Lipinski definition) is 4. The number of aromatic nitrogens is 2. The van der Waals surface area contributed by atoms with E-state index in [1.54, 1.807) is 12.1 Å². The summed E-state index contributed by atoms with van der Waals surface area (Å²) in [5.74, 6) is -1.11. The first-order chi connectivity index (χ1) is 8.61. The van der Waals surface area contributed by atoms with Gasteiger partial charge in [-0.05, 0) is 24.5 Å². The average molecular weight is 286 g/mol. The molecule has 2 rings (SSSR count). The summed E-state index contributed by atoms with van der Waals surface area (Å²) < 4.78 is 1.15. The van der Waals surface area contributed by atoms with Crippen LogP contribution in [0.15, 0.2) is 40.3 Å². The van der Waals surface area contributed by atoms with E-state index in [0.717, 1.165) is 15.5 Å². The molecule has 0 radical (unpaired) electrons. The van der Waals surface area contributed by atoms with Crippen molar-refractivity contribution in [1.82, 2.24) is 9.55 Å². The molecular formula is C12H11N2NaO3S. The summed E-state index contributed by atoms with van der Waals surface area (Å²) >= 11 is 1.53. The van der Waals surface area contributed by atoms with Crippen molar-refractivity contribution in [2.45, 2.75) is 4.90 Å². The molecule has 1 aromatic carbocycles. The molecule has 94 valence electrons. The van der Waals surface area contributed by atoms with E-state index >= 15 is 0 Å². The standard InChI is InChI=1S/C12H10N2O3S.Na.H/c1-18-8-2-3-10-9(6-8)12(17)14(7-13-10)5-4-11(15)16;;/h2-7H,1H3,(H,15,16);;/q;+1;-1. The van der Waals surface area contributed by atoms with Gasteiger partial charge in [-0.2, -0.15) is 0 Å². The Morgan fingerprint density at radius 2 is 2.26 bits per heavy atom. The van der Waals surface area contributed by atoms with Gasteiger partial charge in [-0.15, -0.1) is 11.8 Å². The maximum absolute atomic E-state index is 12.1. The van der Waals surface area contributed by atoms with Crippen LogP contribution in [0.25, 0.3) is 17.1 Å². The minimum atomic E-state index is -1.11. The zero-order valence-corrected chi connectivity index (χ0v) is 13.3. The summed E-state index contributed by atoms with van der Waals surface area (Å²) in [6.07, 6.45) is 5.31. The molecule has 2 aromatic rings. The molecule has 0 bridgehead atoms. The summed E-state index contributed by atoms with van der Waals surface area (Å²) in [6, 6.07) is 5.41. The molecule has 0 spiro atoms. The number of carbonyl (C=O) groups is 1. The van der Waals surface area contributed by atoms with Crippen LogP contribution in [0.2, 0.25) is 0 Å². The second kappa shape index (κ2) is 6.91. The average Bonchev–Trinajstić information content (AvgIpc) is 2.37. The fourth-order valence-corrected chi connectivity index (χ4v) is 1.93. The Kier molecular flexibility index (Phi) is 5.81. The number of thioether (sulfide) groups is 1. The molecular weight excluding hydrogens is 275 g/mol. The van der Waals surface area contributed by atoms with Gasteiger partial charge in [0.1, 0.15) is 6.33 Å². The van der Waals surface area contributed by atoms with Gasteiger partial charge < -0.3 is 6.53 Å². The number of carboxylic acid groups (broad SMARTS) is 1. The van der Waals surface area contributed by atoms with Gasteiger partial charge in [-0.3, -0.25) is 9.36 Å². The third kappa shape index (κ3) is 3.70. The summed E-state index contributed by atoms with van der Waals surface area (Å²) in [4.78, 5) is 27.6. The normalized spacial score (nSPS) is 10.6. The van der Waals surface area contributed by atoms with Gasteiger partial charge in [0.25, 0.3) is 5.56 Å². The van der Waals surface area contributed by atoms with E-state index in [0.29, 0.717) is 10.9 Å². The van der Waals surface area contributed by atoms with Gasteiger partial charge in [-0.1, -0.05) is 0 Å². The molecule has 0 atom stereocenters. The van der Waals surface area contributed by atoms with Gasteiger partial charge in [0.2, 0.25) is 0 Å². The molecule has 1 heterocycles. The second-order valence-electron chi connectivity index (χ2n) is 3.49. The number of carboxylic acids is 1. The SMILES string of the molecule is CSc1ccc2ncn(C=CC(=O)O)c(=O)c2c1.[H-].[Na+]. The molecule has 7 heteroatoms. The summed E-state index contributed by atoms with van der Waals surface area (Å²) in [7, 11) is 0. The van der Waals surface area contributed by atoms with Crippen LogP contribution < -0.4 is 35.1 Å². The van der Waals surface area contributed by atoms with Crippen molar-refractivity contribution in [2.75, 3.05) is 6.26 Å². The maximum Gasteiger partial charge on any atom is 1.00 e. The quantitative estimate of drug-likeness (QED) is 0.435. The molecule has 0 saturated heterocycles. The van der Waals surface area contributed by atoms with E-state index in [1.165, 1.54) is 24.3 Å². The van der Waals surface area contributed by atoms with Crippen LogP contribution in [0.5, 0.6) is 0 Å². The molecule has 0 amide bonds. The zero-order chi connectivity index (χ0) is 13.1. The van der Waals surface area contributed by atoms with Crippen molar-refractivity contribution in [3.05, 3.63) is 41.0 Å². The summed E-state index contributed by atoms with van der Waals surface area (Å²) in [5, 5.41) is 9.01. The number of hydrogen-bond donors (Lipinski definition) is 1. The van der Waals surface area contributed by atoms with E-state index in [2.05, 4.69) is 4.98 Å². The van der Waals surface area contributed by atoms with E-state index in [1.807, 2.05) is 12.3 Å². The fourth-order valence-electron chi connectivity index (χ4n) is 1.49. The number of aliphatic carboxylic acids is 1. The van der Waals surface area contributed by atoms with E-state index in [9.17, 15) is 9.59 Å². The van der Waals surface area contributed by atoms with E-state index < -0.39 is 5.97 Å². The molecule has 5 nitrogen and oxygen atoms in total. The van der Waals surface area contributed by atoms with Crippen LogP contribution in [0.3, 0.4) is 0 Å². The smallest absolute Gasteiger partial charge is 1.00 e. The van der Waals surface area contributed by atoms with Crippen LogP contribution in [-0.4, -0.2) is 26.9 Å². The molecule has 0 aliphatic rings. The Balaban J connectivity index is 0.00000180. The first-order valence-corrected chi connectivity index (χ1v) is 6.30. The number of rotatable bonds is 3.